The Hall–Kier alpha value is -0.910. The van der Waals surface area contributed by atoms with Crippen molar-refractivity contribution in [2.75, 3.05) is 20.1 Å². The van der Waals surface area contributed by atoms with Gasteiger partial charge in [0.1, 0.15) is 0 Å². The Bertz CT molecular complexity index is 459. The fraction of sp³-hybridized carbons (Fsp3) is 0.500. The van der Waals surface area contributed by atoms with Crippen LogP contribution in [0.15, 0.2) is 30.3 Å². The molecule has 1 aromatic rings. The van der Waals surface area contributed by atoms with Crippen molar-refractivity contribution in [2.24, 2.45) is 0 Å². The molecule has 4 nitrogen and oxygen atoms in total. The molecule has 0 radical (unpaired) electrons. The summed E-state index contributed by atoms with van der Waals surface area (Å²) in [5, 5.41) is -0.267. The van der Waals surface area contributed by atoms with Gasteiger partial charge in [-0.2, -0.15) is 0 Å². The Morgan fingerprint density at radius 2 is 2.06 bits per heavy atom. The maximum Gasteiger partial charge on any atom is 0.215 e. The summed E-state index contributed by atoms with van der Waals surface area (Å²) in [6.07, 6.45) is 0.718. The Morgan fingerprint density at radius 3 is 2.71 bits per heavy atom. The lowest BCUT2D eigenvalue weighted by molar-refractivity contribution is 0.331. The number of rotatable bonds is 4. The molecular weight excluding hydrogens is 236 g/mol. The van der Waals surface area contributed by atoms with Crippen molar-refractivity contribution >= 4 is 10.0 Å². The minimum absolute atomic E-state index is 0.267. The molecule has 2 rings (SSSR count). The van der Waals surface area contributed by atoms with Crippen molar-refractivity contribution in [1.82, 2.24) is 9.62 Å². The van der Waals surface area contributed by atoms with Crippen LogP contribution in [-0.4, -0.2) is 38.7 Å². The van der Waals surface area contributed by atoms with Crippen LogP contribution in [0.5, 0.6) is 0 Å². The van der Waals surface area contributed by atoms with E-state index in [4.69, 9.17) is 0 Å². The van der Waals surface area contributed by atoms with E-state index in [1.54, 1.807) is 0 Å². The zero-order valence-corrected chi connectivity index (χ0v) is 10.8. The predicted octanol–water partition coefficient (Wildman–Crippen LogP) is 0.810. The van der Waals surface area contributed by atoms with E-state index in [0.29, 0.717) is 6.54 Å². The Kier molecular flexibility index (Phi) is 3.81. The van der Waals surface area contributed by atoms with Gasteiger partial charge in [-0.25, -0.2) is 13.1 Å². The number of nitrogens with zero attached hydrogens (tertiary/aromatic N) is 1. The maximum absolute atomic E-state index is 11.7. The van der Waals surface area contributed by atoms with Crippen LogP contribution in [-0.2, 0) is 16.6 Å². The van der Waals surface area contributed by atoms with Gasteiger partial charge < -0.3 is 0 Å². The Labute approximate surface area is 103 Å². The van der Waals surface area contributed by atoms with Crippen molar-refractivity contribution in [3.63, 3.8) is 0 Å². The first-order valence-electron chi connectivity index (χ1n) is 5.80. The SMILES string of the molecule is CNS(=O)(=O)C1CCN(Cc2ccccc2)C1. The number of hydrogen-bond donors (Lipinski definition) is 1. The topological polar surface area (TPSA) is 49.4 Å². The Morgan fingerprint density at radius 1 is 1.35 bits per heavy atom. The maximum atomic E-state index is 11.7. The van der Waals surface area contributed by atoms with Gasteiger partial charge >= 0.3 is 0 Å². The molecule has 1 aliphatic rings. The van der Waals surface area contributed by atoms with Gasteiger partial charge in [0.15, 0.2) is 0 Å². The number of hydrogen-bond acceptors (Lipinski definition) is 3. The first kappa shape index (κ1) is 12.5. The molecule has 0 spiro atoms. The summed E-state index contributed by atoms with van der Waals surface area (Å²) >= 11 is 0. The van der Waals surface area contributed by atoms with Crippen LogP contribution in [0.3, 0.4) is 0 Å². The first-order valence-corrected chi connectivity index (χ1v) is 7.35. The van der Waals surface area contributed by atoms with Gasteiger partial charge in [0, 0.05) is 13.1 Å². The molecule has 0 saturated carbocycles. The van der Waals surface area contributed by atoms with Crippen LogP contribution >= 0.6 is 0 Å². The lowest BCUT2D eigenvalue weighted by atomic mass is 10.2. The van der Waals surface area contributed by atoms with Gasteiger partial charge in [0.25, 0.3) is 0 Å². The zero-order valence-electron chi connectivity index (χ0n) is 9.96. The average Bonchev–Trinajstić information content (AvgIpc) is 2.80. The van der Waals surface area contributed by atoms with E-state index in [1.165, 1.54) is 12.6 Å². The molecule has 0 amide bonds. The second-order valence-electron chi connectivity index (χ2n) is 4.38. The molecule has 5 heteroatoms. The van der Waals surface area contributed by atoms with Crippen molar-refractivity contribution in [2.45, 2.75) is 18.2 Å². The van der Waals surface area contributed by atoms with Crippen molar-refractivity contribution < 1.29 is 8.42 Å². The molecule has 17 heavy (non-hydrogen) atoms. The largest absolute Gasteiger partial charge is 0.298 e. The van der Waals surface area contributed by atoms with E-state index >= 15 is 0 Å². The van der Waals surface area contributed by atoms with Crippen LogP contribution < -0.4 is 4.72 Å². The van der Waals surface area contributed by atoms with Crippen LogP contribution in [0.4, 0.5) is 0 Å². The van der Waals surface area contributed by atoms with E-state index in [2.05, 4.69) is 21.8 Å². The van der Waals surface area contributed by atoms with Gasteiger partial charge in [-0.15, -0.1) is 0 Å². The van der Waals surface area contributed by atoms with E-state index in [0.717, 1.165) is 19.5 Å². The van der Waals surface area contributed by atoms with Gasteiger partial charge in [-0.1, -0.05) is 30.3 Å². The van der Waals surface area contributed by atoms with E-state index in [9.17, 15) is 8.42 Å². The standard InChI is InChI=1S/C12H18N2O2S/c1-13-17(15,16)12-7-8-14(10-12)9-11-5-3-2-4-6-11/h2-6,12-13H,7-10H2,1H3. The van der Waals surface area contributed by atoms with Crippen molar-refractivity contribution in [3.8, 4) is 0 Å². The van der Waals surface area contributed by atoms with Crippen LogP contribution in [0, 0.1) is 0 Å². The third-order valence-electron chi connectivity index (χ3n) is 3.20. The molecule has 1 saturated heterocycles. The van der Waals surface area contributed by atoms with Gasteiger partial charge in [-0.05, 0) is 25.6 Å². The first-order chi connectivity index (χ1) is 8.12. The van der Waals surface area contributed by atoms with E-state index in [1.807, 2.05) is 18.2 Å². The average molecular weight is 254 g/mol. The number of likely N-dealkylation sites (tertiary alicyclic amines) is 1. The predicted molar refractivity (Wildman–Crippen MR) is 68.1 cm³/mol. The number of benzene rings is 1. The summed E-state index contributed by atoms with van der Waals surface area (Å²) in [6.45, 7) is 2.30. The molecule has 1 atom stereocenters. The van der Waals surface area contributed by atoms with Crippen LogP contribution in [0.2, 0.25) is 0 Å². The highest BCUT2D eigenvalue weighted by Gasteiger charge is 2.31. The lowest BCUT2D eigenvalue weighted by Crippen LogP contribution is -2.34. The Balaban J connectivity index is 1.95. The van der Waals surface area contributed by atoms with Crippen molar-refractivity contribution in [3.05, 3.63) is 35.9 Å². The third kappa shape index (κ3) is 3.06. The second kappa shape index (κ2) is 5.16. The summed E-state index contributed by atoms with van der Waals surface area (Å²) < 4.78 is 25.7. The molecule has 0 bridgehead atoms. The molecular formula is C12H18N2O2S. The summed E-state index contributed by atoms with van der Waals surface area (Å²) in [5.41, 5.74) is 1.23. The third-order valence-corrected chi connectivity index (χ3v) is 5.03. The molecule has 1 heterocycles. The molecule has 1 N–H and O–H groups in total. The van der Waals surface area contributed by atoms with Crippen LogP contribution in [0.25, 0.3) is 0 Å². The molecule has 0 aromatic heterocycles. The minimum Gasteiger partial charge on any atom is -0.298 e. The molecule has 1 fully saturated rings. The zero-order chi connectivity index (χ0) is 12.3. The molecule has 1 unspecified atom stereocenters. The molecule has 0 aliphatic carbocycles. The quantitative estimate of drug-likeness (QED) is 0.865. The molecule has 1 aromatic carbocycles. The summed E-state index contributed by atoms with van der Waals surface area (Å²) in [5.74, 6) is 0. The number of nitrogens with one attached hydrogen (secondary N) is 1. The fourth-order valence-electron chi connectivity index (χ4n) is 2.20. The summed E-state index contributed by atoms with van der Waals surface area (Å²) in [6, 6.07) is 10.1. The smallest absolute Gasteiger partial charge is 0.215 e. The highest BCUT2D eigenvalue weighted by Crippen LogP contribution is 2.18. The van der Waals surface area contributed by atoms with Crippen LogP contribution in [0.1, 0.15) is 12.0 Å². The van der Waals surface area contributed by atoms with Gasteiger partial charge in [0.05, 0.1) is 5.25 Å². The van der Waals surface area contributed by atoms with E-state index < -0.39 is 10.0 Å². The molecule has 1 aliphatic heterocycles. The number of sulfonamides is 1. The van der Waals surface area contributed by atoms with Crippen molar-refractivity contribution in [1.29, 1.82) is 0 Å². The second-order valence-corrected chi connectivity index (χ2v) is 6.55. The fourth-order valence-corrected chi connectivity index (χ4v) is 3.36. The summed E-state index contributed by atoms with van der Waals surface area (Å²) in [4.78, 5) is 2.19. The lowest BCUT2D eigenvalue weighted by Gasteiger charge is -2.15. The minimum atomic E-state index is -3.11. The normalized spacial score (nSPS) is 21.8. The highest BCUT2D eigenvalue weighted by atomic mass is 32.2. The van der Waals surface area contributed by atoms with E-state index in [-0.39, 0.29) is 5.25 Å². The molecule has 94 valence electrons. The van der Waals surface area contributed by atoms with Gasteiger partial charge in [0.2, 0.25) is 10.0 Å². The summed E-state index contributed by atoms with van der Waals surface area (Å²) in [7, 11) is -1.63. The van der Waals surface area contributed by atoms with Gasteiger partial charge in [-0.3, -0.25) is 4.90 Å². The monoisotopic (exact) mass is 254 g/mol. The highest BCUT2D eigenvalue weighted by molar-refractivity contribution is 7.90.